The molecule has 1 aliphatic rings. The lowest BCUT2D eigenvalue weighted by atomic mass is 10.3. The fourth-order valence-corrected chi connectivity index (χ4v) is 4.95. The number of aromatic nitrogens is 3. The van der Waals surface area contributed by atoms with Gasteiger partial charge in [0, 0.05) is 32.4 Å². The summed E-state index contributed by atoms with van der Waals surface area (Å²) in [5.41, 5.74) is 1.08. The van der Waals surface area contributed by atoms with Crippen LogP contribution in [0.3, 0.4) is 0 Å². The highest BCUT2D eigenvalue weighted by Crippen LogP contribution is 2.25. The molecule has 0 saturated carbocycles. The number of halogens is 1. The van der Waals surface area contributed by atoms with Crippen LogP contribution in [0.15, 0.2) is 53.6 Å². The van der Waals surface area contributed by atoms with Crippen molar-refractivity contribution < 1.29 is 17.5 Å². The molecule has 1 aliphatic heterocycles. The number of hydrogen-bond acceptors (Lipinski definition) is 8. The molecule has 0 spiro atoms. The average Bonchev–Trinajstić information content (AvgIpc) is 2.81. The summed E-state index contributed by atoms with van der Waals surface area (Å²) in [7, 11) is -3.81. The van der Waals surface area contributed by atoms with E-state index in [1.807, 2.05) is 30.0 Å². The summed E-state index contributed by atoms with van der Waals surface area (Å²) in [6.45, 7) is 5.42. The van der Waals surface area contributed by atoms with Crippen molar-refractivity contribution in [2.45, 2.75) is 18.7 Å². The summed E-state index contributed by atoms with van der Waals surface area (Å²) >= 11 is 0. The van der Waals surface area contributed by atoms with Crippen molar-refractivity contribution in [1.29, 1.82) is 0 Å². The third kappa shape index (κ3) is 5.20. The number of ether oxygens (including phenoxy) is 1. The summed E-state index contributed by atoms with van der Waals surface area (Å²) < 4.78 is 46.6. The third-order valence-electron chi connectivity index (χ3n) is 5.23. The summed E-state index contributed by atoms with van der Waals surface area (Å²) in [5, 5.41) is 11.6. The highest BCUT2D eigenvalue weighted by molar-refractivity contribution is 7.89. The Balaban J connectivity index is 1.38. The van der Waals surface area contributed by atoms with Gasteiger partial charge in [-0.25, -0.2) is 17.8 Å². The Labute approximate surface area is 192 Å². The number of benzene rings is 1. The lowest BCUT2D eigenvalue weighted by molar-refractivity contribution is 0.321. The number of sulfonamides is 1. The van der Waals surface area contributed by atoms with Crippen LogP contribution < -0.4 is 15.0 Å². The molecule has 0 unspecified atom stereocenters. The number of pyridine rings is 1. The van der Waals surface area contributed by atoms with E-state index in [4.69, 9.17) is 4.74 Å². The highest BCUT2D eigenvalue weighted by Gasteiger charge is 2.29. The Morgan fingerprint density at radius 1 is 1.03 bits per heavy atom. The maximum atomic E-state index is 14.2. The lowest BCUT2D eigenvalue weighted by Gasteiger charge is -2.34. The van der Waals surface area contributed by atoms with Crippen molar-refractivity contribution in [2.75, 3.05) is 43.0 Å². The molecule has 1 aromatic carbocycles. The second kappa shape index (κ2) is 9.67. The zero-order chi connectivity index (χ0) is 23.4. The van der Waals surface area contributed by atoms with Gasteiger partial charge in [0.2, 0.25) is 10.0 Å². The number of hydrogen-bond donors (Lipinski definition) is 1. The number of nitrogens with one attached hydrogen (secondary N) is 1. The van der Waals surface area contributed by atoms with E-state index < -0.39 is 15.8 Å². The molecule has 174 valence electrons. The minimum absolute atomic E-state index is 0.0379. The number of anilines is 3. The second-order valence-electron chi connectivity index (χ2n) is 7.54. The Bertz CT molecular complexity index is 1220. The molecule has 9 nitrogen and oxygen atoms in total. The van der Waals surface area contributed by atoms with Gasteiger partial charge in [0.25, 0.3) is 0 Å². The first-order valence-corrected chi connectivity index (χ1v) is 12.0. The number of aryl methyl sites for hydroxylation is 1. The molecule has 0 bridgehead atoms. The van der Waals surface area contributed by atoms with Gasteiger partial charge in [-0.1, -0.05) is 0 Å². The Morgan fingerprint density at radius 3 is 2.45 bits per heavy atom. The predicted octanol–water partition coefficient (Wildman–Crippen LogP) is 2.97. The molecule has 1 fully saturated rings. The van der Waals surface area contributed by atoms with Crippen LogP contribution in [0.4, 0.5) is 21.8 Å². The molecule has 11 heteroatoms. The zero-order valence-electron chi connectivity index (χ0n) is 18.4. The summed E-state index contributed by atoms with van der Waals surface area (Å²) in [6.07, 6.45) is 1.72. The van der Waals surface area contributed by atoms with Crippen LogP contribution in [0.2, 0.25) is 0 Å². The van der Waals surface area contributed by atoms with Crippen LogP contribution in [0.25, 0.3) is 0 Å². The smallest absolute Gasteiger partial charge is 0.243 e. The second-order valence-corrected chi connectivity index (χ2v) is 9.47. The van der Waals surface area contributed by atoms with Crippen molar-refractivity contribution >= 4 is 27.5 Å². The van der Waals surface area contributed by atoms with Crippen molar-refractivity contribution in [3.63, 3.8) is 0 Å². The zero-order valence-corrected chi connectivity index (χ0v) is 19.2. The van der Waals surface area contributed by atoms with Gasteiger partial charge < -0.3 is 15.0 Å². The topological polar surface area (TPSA) is 101 Å². The van der Waals surface area contributed by atoms with Gasteiger partial charge in [0.15, 0.2) is 23.2 Å². The molecule has 0 aliphatic carbocycles. The maximum Gasteiger partial charge on any atom is 0.243 e. The van der Waals surface area contributed by atoms with E-state index in [1.54, 1.807) is 19.2 Å². The van der Waals surface area contributed by atoms with Gasteiger partial charge in [-0.2, -0.15) is 4.31 Å². The molecule has 1 N–H and O–H groups in total. The van der Waals surface area contributed by atoms with Crippen LogP contribution in [-0.2, 0) is 10.0 Å². The standard InChI is InChI=1S/C22H25FN6O3S/c1-3-32-19-5-4-17(15-18(19)23)33(30,31)29-12-10-28(11-13-29)22-7-6-20(26-27-22)25-21-14-16(2)8-9-24-21/h4-9,14-15H,3,10-13H2,1-2H3,(H,24,25,26). The van der Waals surface area contributed by atoms with E-state index >= 15 is 0 Å². The van der Waals surface area contributed by atoms with E-state index in [9.17, 15) is 12.8 Å². The van der Waals surface area contributed by atoms with Crippen molar-refractivity contribution in [3.05, 3.63) is 60.0 Å². The molecule has 0 amide bonds. The highest BCUT2D eigenvalue weighted by atomic mass is 32.2. The number of piperazine rings is 1. The van der Waals surface area contributed by atoms with E-state index in [0.29, 0.717) is 37.1 Å². The van der Waals surface area contributed by atoms with Crippen molar-refractivity contribution in [2.24, 2.45) is 0 Å². The Kier molecular flexibility index (Phi) is 6.70. The summed E-state index contributed by atoms with van der Waals surface area (Å²) in [4.78, 5) is 6.12. The first-order chi connectivity index (χ1) is 15.9. The monoisotopic (exact) mass is 472 g/mol. The van der Waals surface area contributed by atoms with Crippen LogP contribution in [-0.4, -0.2) is 60.7 Å². The van der Waals surface area contributed by atoms with Gasteiger partial charge in [-0.05, 0) is 61.9 Å². The lowest BCUT2D eigenvalue weighted by Crippen LogP contribution is -2.49. The quantitative estimate of drug-likeness (QED) is 0.560. The summed E-state index contributed by atoms with van der Waals surface area (Å²) in [6, 6.07) is 11.2. The molecule has 33 heavy (non-hydrogen) atoms. The van der Waals surface area contributed by atoms with Crippen molar-refractivity contribution in [3.8, 4) is 5.75 Å². The molecule has 0 atom stereocenters. The van der Waals surface area contributed by atoms with Crippen LogP contribution >= 0.6 is 0 Å². The normalized spacial score (nSPS) is 14.8. The predicted molar refractivity (Wildman–Crippen MR) is 123 cm³/mol. The van der Waals surface area contributed by atoms with E-state index in [0.717, 1.165) is 11.6 Å². The third-order valence-corrected chi connectivity index (χ3v) is 7.12. The van der Waals surface area contributed by atoms with Crippen molar-refractivity contribution in [1.82, 2.24) is 19.5 Å². The molecule has 2 aromatic heterocycles. The van der Waals surface area contributed by atoms with Gasteiger partial charge in [-0.15, -0.1) is 10.2 Å². The van der Waals surface area contributed by atoms with E-state index in [2.05, 4.69) is 20.5 Å². The molecule has 3 heterocycles. The van der Waals surface area contributed by atoms with Gasteiger partial charge in [-0.3, -0.25) is 0 Å². The van der Waals surface area contributed by atoms with Gasteiger partial charge in [0.05, 0.1) is 11.5 Å². The largest absolute Gasteiger partial charge is 0.491 e. The first kappa shape index (κ1) is 22.9. The Hall–Kier alpha value is -3.31. The Morgan fingerprint density at radius 2 is 1.82 bits per heavy atom. The average molecular weight is 473 g/mol. The minimum atomic E-state index is -3.81. The molecule has 1 saturated heterocycles. The fraction of sp³-hybridized carbons (Fsp3) is 0.318. The number of nitrogens with zero attached hydrogens (tertiary/aromatic N) is 5. The van der Waals surface area contributed by atoms with Crippen LogP contribution in [0.5, 0.6) is 5.75 Å². The van der Waals surface area contributed by atoms with Gasteiger partial charge in [0.1, 0.15) is 5.82 Å². The molecule has 3 aromatic rings. The number of rotatable bonds is 7. The fourth-order valence-electron chi connectivity index (χ4n) is 3.52. The molecule has 4 rings (SSSR count). The molecule has 0 radical (unpaired) electrons. The first-order valence-electron chi connectivity index (χ1n) is 10.6. The van der Waals surface area contributed by atoms with E-state index in [-0.39, 0.29) is 23.7 Å². The van der Waals surface area contributed by atoms with Crippen LogP contribution in [0.1, 0.15) is 12.5 Å². The minimum Gasteiger partial charge on any atom is -0.491 e. The molecular weight excluding hydrogens is 447 g/mol. The maximum absolute atomic E-state index is 14.2. The van der Waals surface area contributed by atoms with E-state index in [1.165, 1.54) is 16.4 Å². The van der Waals surface area contributed by atoms with Gasteiger partial charge >= 0.3 is 0 Å². The molecular formula is C22H25FN6O3S. The SMILES string of the molecule is CCOc1ccc(S(=O)(=O)N2CCN(c3ccc(Nc4cc(C)ccn4)nn3)CC2)cc1F. The summed E-state index contributed by atoms with van der Waals surface area (Å²) in [5.74, 6) is 1.25. The van der Waals surface area contributed by atoms with Crippen LogP contribution in [0, 0.1) is 12.7 Å².